The van der Waals surface area contributed by atoms with Gasteiger partial charge in [0.1, 0.15) is 18.1 Å². The molecule has 28 heavy (non-hydrogen) atoms. The molecule has 3 rings (SSSR count). The molecule has 1 N–H and O–H groups in total. The third-order valence-corrected chi connectivity index (χ3v) is 5.31. The molecule has 146 valence electrons. The molecule has 1 atom stereocenters. The van der Waals surface area contributed by atoms with Crippen LogP contribution in [0.2, 0.25) is 0 Å². The van der Waals surface area contributed by atoms with E-state index in [9.17, 15) is 14.7 Å². The van der Waals surface area contributed by atoms with Gasteiger partial charge in [0.05, 0.1) is 18.2 Å². The highest BCUT2D eigenvalue weighted by atomic mass is 32.1. The Morgan fingerprint density at radius 2 is 2.04 bits per heavy atom. The maximum Gasteiger partial charge on any atom is 0.295 e. The lowest BCUT2D eigenvalue weighted by atomic mass is 10.00. The number of hydrogen-bond donors (Lipinski definition) is 1. The maximum atomic E-state index is 12.7. The first-order chi connectivity index (χ1) is 13.6. The van der Waals surface area contributed by atoms with Gasteiger partial charge in [0.15, 0.2) is 0 Å². The molecule has 0 radical (unpaired) electrons. The zero-order valence-corrected chi connectivity index (χ0v) is 16.3. The molecule has 0 spiro atoms. The van der Waals surface area contributed by atoms with Crippen LogP contribution in [0.25, 0.3) is 5.76 Å². The first-order valence-corrected chi connectivity index (χ1v) is 9.61. The number of thiophene rings is 1. The molecule has 1 fully saturated rings. The summed E-state index contributed by atoms with van der Waals surface area (Å²) in [6.07, 6.45) is 1.64. The van der Waals surface area contributed by atoms with E-state index in [1.54, 1.807) is 30.3 Å². The van der Waals surface area contributed by atoms with E-state index in [0.717, 1.165) is 4.88 Å². The van der Waals surface area contributed by atoms with Crippen LogP contribution < -0.4 is 4.74 Å². The van der Waals surface area contributed by atoms with Gasteiger partial charge in [-0.15, -0.1) is 11.3 Å². The fraction of sp³-hybridized carbons (Fsp3) is 0.238. The number of carbonyl (C=O) groups is 2. The van der Waals surface area contributed by atoms with E-state index < -0.39 is 17.7 Å². The van der Waals surface area contributed by atoms with Crippen molar-refractivity contribution in [2.24, 2.45) is 0 Å². The minimum absolute atomic E-state index is 0.0864. The van der Waals surface area contributed by atoms with E-state index in [4.69, 9.17) is 9.47 Å². The van der Waals surface area contributed by atoms with E-state index in [1.165, 1.54) is 23.3 Å². The second-order valence-corrected chi connectivity index (χ2v) is 7.10. The summed E-state index contributed by atoms with van der Waals surface area (Å²) in [5.74, 6) is -0.916. The molecule has 0 aliphatic carbocycles. The van der Waals surface area contributed by atoms with Crippen molar-refractivity contribution >= 4 is 28.8 Å². The van der Waals surface area contributed by atoms with E-state index in [0.29, 0.717) is 24.5 Å². The predicted molar refractivity (Wildman–Crippen MR) is 107 cm³/mol. The standard InChI is InChI=1S/C21H21NO5S/c1-3-11-27-15-8-6-14(7-9-15)19(23)17-18(16-5-4-13-28-16)22(10-12-26-2)21(25)20(17)24/h3-9,13,18,23H,1,10-12H2,2H3/t18-/m1/s1. The quantitative estimate of drug-likeness (QED) is 0.319. The number of nitrogens with zero attached hydrogens (tertiary/aromatic N) is 1. The number of ether oxygens (including phenoxy) is 2. The van der Waals surface area contributed by atoms with Gasteiger partial charge in [0.25, 0.3) is 11.7 Å². The molecule has 1 aromatic heterocycles. The number of benzene rings is 1. The molecule has 1 aliphatic heterocycles. The topological polar surface area (TPSA) is 76.1 Å². The van der Waals surface area contributed by atoms with Gasteiger partial charge in [0, 0.05) is 24.1 Å². The Labute approximate surface area is 167 Å². The van der Waals surface area contributed by atoms with Gasteiger partial charge in [-0.2, -0.15) is 0 Å². The number of carbonyl (C=O) groups excluding carboxylic acids is 2. The monoisotopic (exact) mass is 399 g/mol. The summed E-state index contributed by atoms with van der Waals surface area (Å²) in [6, 6.07) is 9.76. The fourth-order valence-corrected chi connectivity index (χ4v) is 3.91. The first-order valence-electron chi connectivity index (χ1n) is 8.73. The second kappa shape index (κ2) is 8.86. The highest BCUT2D eigenvalue weighted by Gasteiger charge is 2.46. The van der Waals surface area contributed by atoms with Crippen LogP contribution >= 0.6 is 11.3 Å². The summed E-state index contributed by atoms with van der Waals surface area (Å²) in [4.78, 5) is 27.6. The van der Waals surface area contributed by atoms with Gasteiger partial charge < -0.3 is 19.5 Å². The number of aliphatic hydroxyl groups is 1. The fourth-order valence-electron chi connectivity index (χ4n) is 3.06. The van der Waals surface area contributed by atoms with Crippen LogP contribution in [0.3, 0.4) is 0 Å². The third-order valence-electron chi connectivity index (χ3n) is 4.38. The summed E-state index contributed by atoms with van der Waals surface area (Å²) in [7, 11) is 1.53. The lowest BCUT2D eigenvalue weighted by molar-refractivity contribution is -0.140. The van der Waals surface area contributed by atoms with Crippen LogP contribution in [-0.2, 0) is 14.3 Å². The highest BCUT2D eigenvalue weighted by Crippen LogP contribution is 2.40. The van der Waals surface area contributed by atoms with Crippen LogP contribution in [-0.4, -0.2) is 48.6 Å². The molecule has 0 unspecified atom stereocenters. The number of Topliss-reactive ketones (excluding diaryl/α,β-unsaturated/α-hetero) is 1. The summed E-state index contributed by atoms with van der Waals surface area (Å²) in [5.41, 5.74) is 0.528. The molecule has 6 nitrogen and oxygen atoms in total. The van der Waals surface area contributed by atoms with Gasteiger partial charge in [0.2, 0.25) is 0 Å². The van der Waals surface area contributed by atoms with Crippen molar-refractivity contribution in [2.75, 3.05) is 26.9 Å². The van der Waals surface area contributed by atoms with Gasteiger partial charge in [-0.25, -0.2) is 0 Å². The zero-order valence-electron chi connectivity index (χ0n) is 15.5. The average molecular weight is 399 g/mol. The number of aliphatic hydroxyl groups excluding tert-OH is 1. The molecule has 0 bridgehead atoms. The lowest BCUT2D eigenvalue weighted by Gasteiger charge is -2.23. The molecular formula is C21H21NO5S. The van der Waals surface area contributed by atoms with E-state index in [-0.39, 0.29) is 17.9 Å². The zero-order chi connectivity index (χ0) is 20.1. The van der Waals surface area contributed by atoms with Gasteiger partial charge in [-0.05, 0) is 35.7 Å². The Hall–Kier alpha value is -2.90. The van der Waals surface area contributed by atoms with Crippen LogP contribution in [0, 0.1) is 0 Å². The Kier molecular flexibility index (Phi) is 6.28. The van der Waals surface area contributed by atoms with Crippen molar-refractivity contribution < 1.29 is 24.2 Å². The summed E-state index contributed by atoms with van der Waals surface area (Å²) >= 11 is 1.43. The van der Waals surface area contributed by atoms with Gasteiger partial charge >= 0.3 is 0 Å². The molecule has 1 aliphatic rings. The second-order valence-electron chi connectivity index (χ2n) is 6.12. The number of amides is 1. The van der Waals surface area contributed by atoms with Crippen LogP contribution in [0.5, 0.6) is 5.75 Å². The number of ketones is 1. The molecule has 1 saturated heterocycles. The van der Waals surface area contributed by atoms with Crippen molar-refractivity contribution in [3.8, 4) is 5.75 Å². The molecule has 1 aromatic carbocycles. The van der Waals surface area contributed by atoms with Gasteiger partial charge in [-0.3, -0.25) is 9.59 Å². The third kappa shape index (κ3) is 3.85. The Balaban J connectivity index is 2.01. The predicted octanol–water partition coefficient (Wildman–Crippen LogP) is 3.38. The SMILES string of the molecule is C=CCOc1ccc(C(O)=C2C(=O)C(=O)N(CCOC)[C@@H]2c2cccs2)cc1. The van der Waals surface area contributed by atoms with Crippen molar-refractivity contribution in [3.05, 3.63) is 70.4 Å². The summed E-state index contributed by atoms with van der Waals surface area (Å²) in [5, 5.41) is 12.8. The number of rotatable bonds is 8. The number of hydrogen-bond acceptors (Lipinski definition) is 6. The minimum Gasteiger partial charge on any atom is -0.507 e. The summed E-state index contributed by atoms with van der Waals surface area (Å²) < 4.78 is 10.5. The summed E-state index contributed by atoms with van der Waals surface area (Å²) in [6.45, 7) is 4.52. The van der Waals surface area contributed by atoms with Crippen molar-refractivity contribution in [2.45, 2.75) is 6.04 Å². The number of likely N-dealkylation sites (tertiary alicyclic amines) is 1. The molecule has 2 heterocycles. The van der Waals surface area contributed by atoms with Gasteiger partial charge in [-0.1, -0.05) is 18.7 Å². The minimum atomic E-state index is -0.695. The van der Waals surface area contributed by atoms with E-state index in [2.05, 4.69) is 6.58 Å². The largest absolute Gasteiger partial charge is 0.507 e. The Morgan fingerprint density at radius 1 is 1.29 bits per heavy atom. The van der Waals surface area contributed by atoms with Crippen LogP contribution in [0.1, 0.15) is 16.5 Å². The average Bonchev–Trinajstić information content (AvgIpc) is 3.32. The van der Waals surface area contributed by atoms with Crippen LogP contribution in [0.15, 0.2) is 60.0 Å². The molecule has 2 aromatic rings. The van der Waals surface area contributed by atoms with Crippen molar-refractivity contribution in [1.29, 1.82) is 0 Å². The van der Waals surface area contributed by atoms with Crippen molar-refractivity contribution in [3.63, 3.8) is 0 Å². The molecule has 0 saturated carbocycles. The van der Waals surface area contributed by atoms with Crippen molar-refractivity contribution in [1.82, 2.24) is 4.90 Å². The smallest absolute Gasteiger partial charge is 0.295 e. The number of methoxy groups -OCH3 is 1. The normalized spacial score (nSPS) is 18.5. The molecule has 7 heteroatoms. The Morgan fingerprint density at radius 3 is 2.64 bits per heavy atom. The molecular weight excluding hydrogens is 378 g/mol. The first kappa shape index (κ1) is 19.9. The van der Waals surface area contributed by atoms with Crippen LogP contribution in [0.4, 0.5) is 0 Å². The maximum absolute atomic E-state index is 12.7. The highest BCUT2D eigenvalue weighted by molar-refractivity contribution is 7.10. The van der Waals surface area contributed by atoms with E-state index in [1.807, 2.05) is 17.5 Å². The van der Waals surface area contributed by atoms with E-state index >= 15 is 0 Å². The molecule has 1 amide bonds. The lowest BCUT2D eigenvalue weighted by Crippen LogP contribution is -2.32. The Bertz CT molecular complexity index is 886.